The van der Waals surface area contributed by atoms with Gasteiger partial charge in [-0.05, 0) is 62.6 Å². The van der Waals surface area contributed by atoms with Crippen molar-refractivity contribution in [1.29, 1.82) is 0 Å². The molecular weight excluding hydrogens is 336 g/mol. The van der Waals surface area contributed by atoms with E-state index in [2.05, 4.69) is 46.4 Å². The van der Waals surface area contributed by atoms with E-state index in [4.69, 9.17) is 10.5 Å². The van der Waals surface area contributed by atoms with Crippen molar-refractivity contribution >= 4 is 11.6 Å². The summed E-state index contributed by atoms with van der Waals surface area (Å²) >= 11 is 0. The van der Waals surface area contributed by atoms with Crippen LogP contribution in [-0.2, 0) is 13.0 Å². The van der Waals surface area contributed by atoms with E-state index in [9.17, 15) is 0 Å². The molecule has 2 aromatic carbocycles. The zero-order chi connectivity index (χ0) is 19.2. The van der Waals surface area contributed by atoms with Crippen LogP contribution >= 0.6 is 0 Å². The molecule has 27 heavy (non-hydrogen) atoms. The monoisotopic (exact) mass is 366 g/mol. The first kappa shape index (κ1) is 19.2. The SMILES string of the molecule is CC(C)Oc1ccc(NC(N)=NCC(C)N2CCc3ccccc3C2)cc1. The summed E-state index contributed by atoms with van der Waals surface area (Å²) in [5.41, 5.74) is 9.87. The minimum Gasteiger partial charge on any atom is -0.491 e. The highest BCUT2D eigenvalue weighted by atomic mass is 16.5. The molecular formula is C22H30N4O. The Morgan fingerprint density at radius 3 is 2.52 bits per heavy atom. The molecule has 0 radical (unpaired) electrons. The van der Waals surface area contributed by atoms with Gasteiger partial charge in [0.15, 0.2) is 5.96 Å². The van der Waals surface area contributed by atoms with E-state index in [0.29, 0.717) is 18.5 Å². The van der Waals surface area contributed by atoms with Gasteiger partial charge in [-0.3, -0.25) is 9.89 Å². The lowest BCUT2D eigenvalue weighted by molar-refractivity contribution is 0.195. The van der Waals surface area contributed by atoms with Gasteiger partial charge in [0.2, 0.25) is 0 Å². The van der Waals surface area contributed by atoms with Crippen LogP contribution in [0.4, 0.5) is 5.69 Å². The van der Waals surface area contributed by atoms with Gasteiger partial charge in [0.1, 0.15) is 5.75 Å². The molecule has 5 heteroatoms. The number of benzene rings is 2. The number of nitrogens with one attached hydrogen (secondary N) is 1. The molecule has 0 aliphatic carbocycles. The van der Waals surface area contributed by atoms with Gasteiger partial charge < -0.3 is 15.8 Å². The number of hydrogen-bond donors (Lipinski definition) is 2. The Bertz CT molecular complexity index is 770. The predicted octanol–water partition coefficient (Wildman–Crippen LogP) is 3.65. The maximum atomic E-state index is 6.07. The molecule has 3 rings (SSSR count). The van der Waals surface area contributed by atoms with Gasteiger partial charge in [-0.15, -0.1) is 0 Å². The summed E-state index contributed by atoms with van der Waals surface area (Å²) in [6.07, 6.45) is 1.27. The lowest BCUT2D eigenvalue weighted by Crippen LogP contribution is -2.39. The Morgan fingerprint density at radius 2 is 1.81 bits per heavy atom. The molecule has 0 amide bonds. The quantitative estimate of drug-likeness (QED) is 0.605. The molecule has 1 atom stereocenters. The highest BCUT2D eigenvalue weighted by molar-refractivity contribution is 5.92. The van der Waals surface area contributed by atoms with Crippen LogP contribution in [0.15, 0.2) is 53.5 Å². The second-order valence-electron chi connectivity index (χ2n) is 7.38. The molecule has 0 saturated carbocycles. The number of rotatable bonds is 6. The van der Waals surface area contributed by atoms with Crippen LogP contribution < -0.4 is 15.8 Å². The molecule has 0 fully saturated rings. The van der Waals surface area contributed by atoms with E-state index in [0.717, 1.165) is 30.9 Å². The van der Waals surface area contributed by atoms with Gasteiger partial charge in [-0.25, -0.2) is 0 Å². The summed E-state index contributed by atoms with van der Waals surface area (Å²) in [5, 5.41) is 3.15. The molecule has 1 unspecified atom stereocenters. The molecule has 144 valence electrons. The Hall–Kier alpha value is -2.53. The normalized spacial score (nSPS) is 16.1. The minimum absolute atomic E-state index is 0.165. The Balaban J connectivity index is 1.51. The second-order valence-corrected chi connectivity index (χ2v) is 7.38. The van der Waals surface area contributed by atoms with Gasteiger partial charge in [0.25, 0.3) is 0 Å². The third-order valence-electron chi connectivity index (χ3n) is 4.81. The van der Waals surface area contributed by atoms with Crippen LogP contribution in [0.5, 0.6) is 5.75 Å². The number of ether oxygens (including phenoxy) is 1. The van der Waals surface area contributed by atoms with Crippen molar-refractivity contribution in [2.75, 3.05) is 18.4 Å². The van der Waals surface area contributed by atoms with Crippen molar-refractivity contribution in [3.8, 4) is 5.75 Å². The molecule has 0 bridgehead atoms. The van der Waals surface area contributed by atoms with E-state index in [1.807, 2.05) is 38.1 Å². The number of hydrogen-bond acceptors (Lipinski definition) is 3. The summed E-state index contributed by atoms with van der Waals surface area (Å²) in [6, 6.07) is 16.8. The fourth-order valence-corrected chi connectivity index (χ4v) is 3.32. The largest absolute Gasteiger partial charge is 0.491 e. The molecule has 0 aromatic heterocycles. The first-order valence-corrected chi connectivity index (χ1v) is 9.66. The number of anilines is 1. The van der Waals surface area contributed by atoms with Crippen LogP contribution in [0.3, 0.4) is 0 Å². The third kappa shape index (κ3) is 5.47. The molecule has 1 aliphatic heterocycles. The molecule has 2 aromatic rings. The highest BCUT2D eigenvalue weighted by Gasteiger charge is 2.20. The maximum absolute atomic E-state index is 6.07. The van der Waals surface area contributed by atoms with Crippen LogP contribution in [0.25, 0.3) is 0 Å². The number of nitrogens with two attached hydrogens (primary N) is 1. The lowest BCUT2D eigenvalue weighted by Gasteiger charge is -2.33. The standard InChI is InChI=1S/C22H30N4O/c1-16(2)27-21-10-8-20(9-11-21)25-22(23)24-14-17(3)26-13-12-18-6-4-5-7-19(18)15-26/h4-11,16-17H,12-15H2,1-3H3,(H3,23,24,25). The third-order valence-corrected chi connectivity index (χ3v) is 4.81. The number of fused-ring (bicyclic) bond motifs is 1. The van der Waals surface area contributed by atoms with E-state index in [1.165, 1.54) is 11.1 Å². The van der Waals surface area contributed by atoms with Gasteiger partial charge in [0.05, 0.1) is 12.6 Å². The zero-order valence-corrected chi connectivity index (χ0v) is 16.5. The average molecular weight is 367 g/mol. The average Bonchev–Trinajstić information content (AvgIpc) is 2.67. The Labute approximate surface area is 162 Å². The van der Waals surface area contributed by atoms with Crippen molar-refractivity contribution < 1.29 is 4.74 Å². The first-order valence-electron chi connectivity index (χ1n) is 9.66. The topological polar surface area (TPSA) is 62.9 Å². The Kier molecular flexibility index (Phi) is 6.35. The summed E-state index contributed by atoms with van der Waals surface area (Å²) in [5.74, 6) is 1.29. The summed E-state index contributed by atoms with van der Waals surface area (Å²) in [7, 11) is 0. The van der Waals surface area contributed by atoms with Gasteiger partial charge in [-0.2, -0.15) is 0 Å². The van der Waals surface area contributed by atoms with Gasteiger partial charge >= 0.3 is 0 Å². The van der Waals surface area contributed by atoms with E-state index in [-0.39, 0.29) is 6.10 Å². The molecule has 1 aliphatic rings. The fraction of sp³-hybridized carbons (Fsp3) is 0.409. The lowest BCUT2D eigenvalue weighted by atomic mass is 9.99. The summed E-state index contributed by atoms with van der Waals surface area (Å²) < 4.78 is 5.65. The molecule has 5 nitrogen and oxygen atoms in total. The van der Waals surface area contributed by atoms with Gasteiger partial charge in [0, 0.05) is 24.8 Å². The summed E-state index contributed by atoms with van der Waals surface area (Å²) in [6.45, 7) is 8.96. The van der Waals surface area contributed by atoms with Crippen molar-refractivity contribution in [3.63, 3.8) is 0 Å². The number of guanidine groups is 1. The van der Waals surface area contributed by atoms with E-state index in [1.54, 1.807) is 0 Å². The van der Waals surface area contributed by atoms with Gasteiger partial charge in [-0.1, -0.05) is 24.3 Å². The zero-order valence-electron chi connectivity index (χ0n) is 16.5. The van der Waals surface area contributed by atoms with Crippen LogP contribution in [0, 0.1) is 0 Å². The van der Waals surface area contributed by atoms with E-state index < -0.39 is 0 Å². The molecule has 1 heterocycles. The van der Waals surface area contributed by atoms with Crippen LogP contribution in [-0.4, -0.2) is 36.1 Å². The smallest absolute Gasteiger partial charge is 0.193 e. The van der Waals surface area contributed by atoms with Crippen molar-refractivity contribution in [2.45, 2.75) is 45.9 Å². The van der Waals surface area contributed by atoms with E-state index >= 15 is 0 Å². The minimum atomic E-state index is 0.165. The number of nitrogens with zero attached hydrogens (tertiary/aromatic N) is 2. The van der Waals surface area contributed by atoms with Crippen molar-refractivity contribution in [2.24, 2.45) is 10.7 Å². The highest BCUT2D eigenvalue weighted by Crippen LogP contribution is 2.20. The predicted molar refractivity (Wildman–Crippen MR) is 112 cm³/mol. The van der Waals surface area contributed by atoms with Crippen LogP contribution in [0.1, 0.15) is 31.9 Å². The second kappa shape index (κ2) is 8.91. The Morgan fingerprint density at radius 1 is 1.11 bits per heavy atom. The molecule has 3 N–H and O–H groups in total. The molecule has 0 saturated heterocycles. The van der Waals surface area contributed by atoms with Crippen molar-refractivity contribution in [1.82, 2.24) is 4.90 Å². The maximum Gasteiger partial charge on any atom is 0.193 e. The fourth-order valence-electron chi connectivity index (χ4n) is 3.32. The van der Waals surface area contributed by atoms with Crippen molar-refractivity contribution in [3.05, 3.63) is 59.7 Å². The van der Waals surface area contributed by atoms with Crippen LogP contribution in [0.2, 0.25) is 0 Å². The number of aliphatic imine (C=N–C) groups is 1. The molecule has 0 spiro atoms. The summed E-state index contributed by atoms with van der Waals surface area (Å²) in [4.78, 5) is 7.00. The first-order chi connectivity index (χ1) is 13.0.